The second kappa shape index (κ2) is 6.70. The summed E-state index contributed by atoms with van der Waals surface area (Å²) in [6, 6.07) is 6.10. The number of nitrogens with two attached hydrogens (primary N) is 1. The maximum Gasteiger partial charge on any atom is 0.151 e. The molecule has 112 valence electrons. The first-order chi connectivity index (χ1) is 9.48. The Hall–Kier alpha value is -0.910. The number of sulfone groups is 1. The lowest BCUT2D eigenvalue weighted by molar-refractivity contribution is 0.249. The van der Waals surface area contributed by atoms with E-state index in [2.05, 4.69) is 17.0 Å². The van der Waals surface area contributed by atoms with E-state index in [4.69, 9.17) is 5.73 Å². The van der Waals surface area contributed by atoms with Crippen LogP contribution in [0.1, 0.15) is 29.5 Å². The fraction of sp³-hybridized carbons (Fsp3) is 0.600. The lowest BCUT2D eigenvalue weighted by Crippen LogP contribution is -2.31. The molecule has 0 aliphatic carbocycles. The van der Waals surface area contributed by atoms with Gasteiger partial charge in [-0.1, -0.05) is 18.2 Å². The number of hydrogen-bond acceptors (Lipinski definition) is 4. The van der Waals surface area contributed by atoms with Crippen LogP contribution in [0.4, 0.5) is 0 Å². The summed E-state index contributed by atoms with van der Waals surface area (Å²) in [4.78, 5) is 2.43. The van der Waals surface area contributed by atoms with Crippen LogP contribution in [0.3, 0.4) is 0 Å². The van der Waals surface area contributed by atoms with Gasteiger partial charge < -0.3 is 5.73 Å². The third kappa shape index (κ3) is 4.58. The fourth-order valence-electron chi connectivity index (χ4n) is 2.73. The quantitative estimate of drug-likeness (QED) is 0.804. The van der Waals surface area contributed by atoms with Crippen molar-refractivity contribution in [1.82, 2.24) is 4.90 Å². The Balaban J connectivity index is 2.04. The molecular weight excluding hydrogens is 272 g/mol. The summed E-state index contributed by atoms with van der Waals surface area (Å²) in [5.41, 5.74) is 9.06. The largest absolute Gasteiger partial charge is 0.330 e. The second-order valence-electron chi connectivity index (χ2n) is 5.70. The van der Waals surface area contributed by atoms with Gasteiger partial charge in [-0.3, -0.25) is 4.90 Å². The maximum atomic E-state index is 11.4. The average molecular weight is 296 g/mol. The normalized spacial score (nSPS) is 16.1. The highest BCUT2D eigenvalue weighted by atomic mass is 32.2. The van der Waals surface area contributed by atoms with Crippen LogP contribution < -0.4 is 5.73 Å². The van der Waals surface area contributed by atoms with Crippen LogP contribution >= 0.6 is 0 Å². The monoisotopic (exact) mass is 296 g/mol. The Labute approximate surface area is 121 Å². The summed E-state index contributed by atoms with van der Waals surface area (Å²) in [5.74, 6) is 0.132. The number of rotatable bonds is 6. The number of fused-ring (bicyclic) bond motifs is 1. The van der Waals surface area contributed by atoms with E-state index in [-0.39, 0.29) is 5.75 Å². The molecular formula is C15H24N2O2S. The van der Waals surface area contributed by atoms with Gasteiger partial charge in [0.1, 0.15) is 0 Å². The number of hydrogen-bond donors (Lipinski definition) is 1. The van der Waals surface area contributed by atoms with Crippen molar-refractivity contribution in [2.45, 2.75) is 31.6 Å². The Kier molecular flexibility index (Phi) is 5.18. The zero-order valence-corrected chi connectivity index (χ0v) is 13.0. The van der Waals surface area contributed by atoms with Crippen molar-refractivity contribution in [2.75, 3.05) is 25.9 Å². The molecule has 0 spiro atoms. The van der Waals surface area contributed by atoms with Crippen LogP contribution in [0.2, 0.25) is 0 Å². The molecule has 0 bridgehead atoms. The predicted octanol–water partition coefficient (Wildman–Crippen LogP) is 1.33. The maximum absolute atomic E-state index is 11.4. The lowest BCUT2D eigenvalue weighted by atomic mass is 9.97. The molecule has 5 heteroatoms. The van der Waals surface area contributed by atoms with E-state index in [0.717, 1.165) is 51.0 Å². The summed E-state index contributed by atoms with van der Waals surface area (Å²) in [6.07, 6.45) is 4.54. The van der Waals surface area contributed by atoms with Crippen molar-refractivity contribution in [3.63, 3.8) is 0 Å². The molecule has 1 aromatic carbocycles. The van der Waals surface area contributed by atoms with Crippen LogP contribution in [-0.4, -0.2) is 39.2 Å². The molecule has 1 aromatic rings. The molecule has 1 aliphatic heterocycles. The standard InChI is InChI=1S/C15H24N2O2S/c1-20(18,19)12-13-4-5-14-6-9-17(8-3-2-7-16)11-15(14)10-13/h4-5,10H,2-3,6-9,11-12,16H2,1H3. The van der Waals surface area contributed by atoms with Crippen molar-refractivity contribution < 1.29 is 8.42 Å². The summed E-state index contributed by atoms with van der Waals surface area (Å²) in [5, 5.41) is 0. The van der Waals surface area contributed by atoms with E-state index in [9.17, 15) is 8.42 Å². The van der Waals surface area contributed by atoms with Gasteiger partial charge in [0.05, 0.1) is 5.75 Å². The molecule has 0 amide bonds. The molecule has 4 nitrogen and oxygen atoms in total. The number of unbranched alkanes of at least 4 members (excludes halogenated alkanes) is 1. The van der Waals surface area contributed by atoms with E-state index in [1.165, 1.54) is 17.4 Å². The first kappa shape index (κ1) is 15.5. The van der Waals surface area contributed by atoms with Crippen LogP contribution in [-0.2, 0) is 28.6 Å². The van der Waals surface area contributed by atoms with E-state index in [1.54, 1.807) is 0 Å². The number of benzene rings is 1. The van der Waals surface area contributed by atoms with E-state index < -0.39 is 9.84 Å². The highest BCUT2D eigenvalue weighted by Gasteiger charge is 2.16. The van der Waals surface area contributed by atoms with Gasteiger partial charge in [0, 0.05) is 19.3 Å². The van der Waals surface area contributed by atoms with Crippen molar-refractivity contribution in [3.05, 3.63) is 34.9 Å². The van der Waals surface area contributed by atoms with Gasteiger partial charge in [-0.15, -0.1) is 0 Å². The van der Waals surface area contributed by atoms with E-state index in [0.29, 0.717) is 0 Å². The average Bonchev–Trinajstić information content (AvgIpc) is 2.37. The van der Waals surface area contributed by atoms with Gasteiger partial charge in [-0.05, 0) is 49.0 Å². The minimum atomic E-state index is -2.96. The SMILES string of the molecule is CS(=O)(=O)Cc1ccc2c(c1)CN(CCCCN)CC2. The first-order valence-corrected chi connectivity index (χ1v) is 9.25. The van der Waals surface area contributed by atoms with Crippen LogP contribution in [0.5, 0.6) is 0 Å². The Morgan fingerprint density at radius 3 is 2.75 bits per heavy atom. The third-order valence-corrected chi connectivity index (χ3v) is 4.58. The van der Waals surface area contributed by atoms with Crippen molar-refractivity contribution >= 4 is 9.84 Å². The molecule has 0 radical (unpaired) electrons. The number of nitrogens with zero attached hydrogens (tertiary/aromatic N) is 1. The molecule has 0 aromatic heterocycles. The fourth-order valence-corrected chi connectivity index (χ4v) is 3.52. The second-order valence-corrected chi connectivity index (χ2v) is 7.84. The Bertz CT molecular complexity index is 555. The van der Waals surface area contributed by atoms with Gasteiger partial charge in [0.25, 0.3) is 0 Å². The van der Waals surface area contributed by atoms with Crippen molar-refractivity contribution in [2.24, 2.45) is 5.73 Å². The Morgan fingerprint density at radius 2 is 2.05 bits per heavy atom. The molecule has 0 saturated heterocycles. The topological polar surface area (TPSA) is 63.4 Å². The van der Waals surface area contributed by atoms with Gasteiger partial charge in [0.2, 0.25) is 0 Å². The summed E-state index contributed by atoms with van der Waals surface area (Å²) in [7, 11) is -2.96. The van der Waals surface area contributed by atoms with Crippen molar-refractivity contribution in [1.29, 1.82) is 0 Å². The van der Waals surface area contributed by atoms with Crippen LogP contribution in [0.25, 0.3) is 0 Å². The molecule has 0 fully saturated rings. The van der Waals surface area contributed by atoms with Gasteiger partial charge >= 0.3 is 0 Å². The molecule has 1 heterocycles. The predicted molar refractivity (Wildman–Crippen MR) is 82.3 cm³/mol. The molecule has 0 saturated carbocycles. The smallest absolute Gasteiger partial charge is 0.151 e. The van der Waals surface area contributed by atoms with Crippen LogP contribution in [0.15, 0.2) is 18.2 Å². The van der Waals surface area contributed by atoms with E-state index >= 15 is 0 Å². The minimum Gasteiger partial charge on any atom is -0.330 e. The molecule has 1 aliphatic rings. The van der Waals surface area contributed by atoms with Gasteiger partial charge in [0.15, 0.2) is 9.84 Å². The third-order valence-electron chi connectivity index (χ3n) is 3.72. The Morgan fingerprint density at radius 1 is 1.25 bits per heavy atom. The highest BCUT2D eigenvalue weighted by Crippen LogP contribution is 2.21. The summed E-state index contributed by atoms with van der Waals surface area (Å²) < 4.78 is 22.8. The lowest BCUT2D eigenvalue weighted by Gasteiger charge is -2.29. The summed E-state index contributed by atoms with van der Waals surface area (Å²) in [6.45, 7) is 3.84. The molecule has 20 heavy (non-hydrogen) atoms. The highest BCUT2D eigenvalue weighted by molar-refractivity contribution is 7.89. The molecule has 0 atom stereocenters. The molecule has 2 rings (SSSR count). The molecule has 0 unspecified atom stereocenters. The first-order valence-electron chi connectivity index (χ1n) is 7.19. The molecule has 2 N–H and O–H groups in total. The van der Waals surface area contributed by atoms with Crippen LogP contribution in [0, 0.1) is 0 Å². The zero-order chi connectivity index (χ0) is 14.6. The van der Waals surface area contributed by atoms with E-state index in [1.807, 2.05) is 6.07 Å². The minimum absolute atomic E-state index is 0.132. The van der Waals surface area contributed by atoms with Gasteiger partial charge in [-0.25, -0.2) is 8.42 Å². The summed E-state index contributed by atoms with van der Waals surface area (Å²) >= 11 is 0. The van der Waals surface area contributed by atoms with Crippen molar-refractivity contribution in [3.8, 4) is 0 Å². The van der Waals surface area contributed by atoms with Gasteiger partial charge in [-0.2, -0.15) is 0 Å². The zero-order valence-electron chi connectivity index (χ0n) is 12.1.